The molecule has 2 aliphatic rings. The lowest BCUT2D eigenvalue weighted by atomic mass is 10.0. The van der Waals surface area contributed by atoms with E-state index in [4.69, 9.17) is 0 Å². The first-order valence-corrected chi connectivity index (χ1v) is 8.02. The molecule has 1 aliphatic carbocycles. The molecule has 1 fully saturated rings. The van der Waals surface area contributed by atoms with Crippen LogP contribution in [0.2, 0.25) is 0 Å². The SMILES string of the molecule is CN1CCC(CN(C)c2nc3c(s2)CCCC3O)C1. The van der Waals surface area contributed by atoms with E-state index >= 15 is 0 Å². The Morgan fingerprint density at radius 2 is 2.32 bits per heavy atom. The third kappa shape index (κ3) is 2.78. The minimum Gasteiger partial charge on any atom is -0.387 e. The van der Waals surface area contributed by atoms with Gasteiger partial charge in [-0.2, -0.15) is 0 Å². The molecule has 0 bridgehead atoms. The molecular formula is C14H23N3OS. The standard InChI is InChI=1S/C14H23N3OS/c1-16-7-6-10(8-16)9-17(2)14-15-13-11(18)4-3-5-12(13)19-14/h10-11,18H,3-9H2,1-2H3. The molecule has 1 aromatic heterocycles. The van der Waals surface area contributed by atoms with Gasteiger partial charge in [0.15, 0.2) is 5.13 Å². The molecule has 4 nitrogen and oxygen atoms in total. The summed E-state index contributed by atoms with van der Waals surface area (Å²) in [6.45, 7) is 3.48. The van der Waals surface area contributed by atoms with Crippen LogP contribution >= 0.6 is 11.3 Å². The number of hydrogen-bond acceptors (Lipinski definition) is 5. The van der Waals surface area contributed by atoms with Crippen LogP contribution in [-0.4, -0.2) is 48.7 Å². The summed E-state index contributed by atoms with van der Waals surface area (Å²) in [5.41, 5.74) is 0.946. The minimum absolute atomic E-state index is 0.334. The third-order valence-corrected chi connectivity index (χ3v) is 5.51. The molecule has 2 unspecified atom stereocenters. The monoisotopic (exact) mass is 281 g/mol. The summed E-state index contributed by atoms with van der Waals surface area (Å²) in [6, 6.07) is 0. The first-order chi connectivity index (χ1) is 9.13. The van der Waals surface area contributed by atoms with E-state index in [0.29, 0.717) is 0 Å². The van der Waals surface area contributed by atoms with Crippen molar-refractivity contribution in [1.82, 2.24) is 9.88 Å². The number of anilines is 1. The summed E-state index contributed by atoms with van der Waals surface area (Å²) in [5, 5.41) is 11.1. The number of aliphatic hydroxyl groups is 1. The van der Waals surface area contributed by atoms with E-state index in [-0.39, 0.29) is 6.10 Å². The van der Waals surface area contributed by atoms with Crippen LogP contribution in [0.15, 0.2) is 0 Å². The minimum atomic E-state index is -0.334. The number of nitrogens with zero attached hydrogens (tertiary/aromatic N) is 3. The molecule has 106 valence electrons. The van der Waals surface area contributed by atoms with E-state index in [9.17, 15) is 5.11 Å². The van der Waals surface area contributed by atoms with Crippen LogP contribution < -0.4 is 4.90 Å². The zero-order valence-electron chi connectivity index (χ0n) is 11.8. The Bertz CT molecular complexity index is 448. The fraction of sp³-hybridized carbons (Fsp3) is 0.786. The number of thiazole rings is 1. The van der Waals surface area contributed by atoms with Gasteiger partial charge in [-0.25, -0.2) is 4.98 Å². The highest BCUT2D eigenvalue weighted by molar-refractivity contribution is 7.15. The topological polar surface area (TPSA) is 39.6 Å². The number of likely N-dealkylation sites (tertiary alicyclic amines) is 1. The zero-order chi connectivity index (χ0) is 13.4. The van der Waals surface area contributed by atoms with Crippen LogP contribution in [0, 0.1) is 5.92 Å². The number of aryl methyl sites for hydroxylation is 1. The smallest absolute Gasteiger partial charge is 0.185 e. The van der Waals surface area contributed by atoms with Crippen LogP contribution in [-0.2, 0) is 6.42 Å². The lowest BCUT2D eigenvalue weighted by Gasteiger charge is -2.20. The van der Waals surface area contributed by atoms with Gasteiger partial charge >= 0.3 is 0 Å². The predicted octanol–water partition coefficient (Wildman–Crippen LogP) is 1.90. The lowest BCUT2D eigenvalue weighted by molar-refractivity contribution is 0.153. The molecule has 0 spiro atoms. The van der Waals surface area contributed by atoms with Gasteiger partial charge in [-0.05, 0) is 45.2 Å². The molecule has 2 heterocycles. The molecule has 1 N–H and O–H groups in total. The maximum Gasteiger partial charge on any atom is 0.185 e. The summed E-state index contributed by atoms with van der Waals surface area (Å²) in [6.07, 6.45) is 4.00. The maximum atomic E-state index is 9.99. The van der Waals surface area contributed by atoms with Crippen molar-refractivity contribution in [3.8, 4) is 0 Å². The first-order valence-electron chi connectivity index (χ1n) is 7.21. The largest absolute Gasteiger partial charge is 0.387 e. The molecule has 1 aromatic rings. The second kappa shape index (κ2) is 5.38. The van der Waals surface area contributed by atoms with Gasteiger partial charge in [0.2, 0.25) is 0 Å². The molecule has 0 aromatic carbocycles. The second-order valence-electron chi connectivity index (χ2n) is 6.01. The van der Waals surface area contributed by atoms with Gasteiger partial charge in [0, 0.05) is 25.0 Å². The van der Waals surface area contributed by atoms with Crippen LogP contribution in [0.1, 0.15) is 35.9 Å². The quantitative estimate of drug-likeness (QED) is 0.918. The van der Waals surface area contributed by atoms with E-state index in [2.05, 4.69) is 28.9 Å². The summed E-state index contributed by atoms with van der Waals surface area (Å²) < 4.78 is 0. The predicted molar refractivity (Wildman–Crippen MR) is 78.9 cm³/mol. The number of aliphatic hydroxyl groups excluding tert-OH is 1. The van der Waals surface area contributed by atoms with Crippen molar-refractivity contribution in [2.24, 2.45) is 5.92 Å². The van der Waals surface area contributed by atoms with Crippen molar-refractivity contribution in [3.63, 3.8) is 0 Å². The Morgan fingerprint density at radius 3 is 3.00 bits per heavy atom. The Hall–Kier alpha value is -0.650. The van der Waals surface area contributed by atoms with Crippen LogP contribution in [0.4, 0.5) is 5.13 Å². The Kier molecular flexibility index (Phi) is 3.78. The van der Waals surface area contributed by atoms with E-state index in [0.717, 1.165) is 42.6 Å². The summed E-state index contributed by atoms with van der Waals surface area (Å²) in [5.74, 6) is 0.751. The highest BCUT2D eigenvalue weighted by Gasteiger charge is 2.26. The lowest BCUT2D eigenvalue weighted by Crippen LogP contribution is -2.27. The Labute approximate surface area is 119 Å². The molecule has 0 amide bonds. The first kappa shape index (κ1) is 13.3. The third-order valence-electron chi connectivity index (χ3n) is 4.26. The van der Waals surface area contributed by atoms with Crippen LogP contribution in [0.25, 0.3) is 0 Å². The normalized spacial score (nSPS) is 27.5. The van der Waals surface area contributed by atoms with E-state index in [1.807, 2.05) is 0 Å². The zero-order valence-corrected chi connectivity index (χ0v) is 12.6. The van der Waals surface area contributed by atoms with Gasteiger partial charge in [-0.15, -0.1) is 11.3 Å². The highest BCUT2D eigenvalue weighted by atomic mass is 32.1. The van der Waals surface area contributed by atoms with Crippen molar-refractivity contribution in [2.75, 3.05) is 38.6 Å². The van der Waals surface area contributed by atoms with Gasteiger partial charge in [-0.3, -0.25) is 0 Å². The molecule has 1 saturated heterocycles. The molecule has 2 atom stereocenters. The second-order valence-corrected chi connectivity index (χ2v) is 7.07. The van der Waals surface area contributed by atoms with Crippen molar-refractivity contribution in [1.29, 1.82) is 0 Å². The van der Waals surface area contributed by atoms with Gasteiger partial charge in [0.1, 0.15) is 0 Å². The Balaban J connectivity index is 1.68. The highest BCUT2D eigenvalue weighted by Crippen LogP contribution is 2.36. The van der Waals surface area contributed by atoms with Gasteiger partial charge < -0.3 is 14.9 Å². The van der Waals surface area contributed by atoms with Crippen molar-refractivity contribution in [3.05, 3.63) is 10.6 Å². The van der Waals surface area contributed by atoms with E-state index in [1.165, 1.54) is 24.4 Å². The molecule has 1 aliphatic heterocycles. The molecule has 0 saturated carbocycles. The average Bonchev–Trinajstić information content (AvgIpc) is 2.96. The molecule has 19 heavy (non-hydrogen) atoms. The van der Waals surface area contributed by atoms with E-state index < -0.39 is 0 Å². The maximum absolute atomic E-state index is 9.99. The summed E-state index contributed by atoms with van der Waals surface area (Å²) in [4.78, 5) is 10.6. The van der Waals surface area contributed by atoms with Gasteiger partial charge in [-0.1, -0.05) is 0 Å². The van der Waals surface area contributed by atoms with Crippen LogP contribution in [0.3, 0.4) is 0 Å². The van der Waals surface area contributed by atoms with Crippen molar-refractivity contribution < 1.29 is 5.11 Å². The number of fused-ring (bicyclic) bond motifs is 1. The number of rotatable bonds is 3. The Morgan fingerprint density at radius 1 is 1.47 bits per heavy atom. The summed E-state index contributed by atoms with van der Waals surface area (Å²) >= 11 is 1.77. The fourth-order valence-electron chi connectivity index (χ4n) is 3.19. The van der Waals surface area contributed by atoms with Crippen molar-refractivity contribution in [2.45, 2.75) is 31.8 Å². The van der Waals surface area contributed by atoms with E-state index in [1.54, 1.807) is 11.3 Å². The van der Waals surface area contributed by atoms with Crippen molar-refractivity contribution >= 4 is 16.5 Å². The van der Waals surface area contributed by atoms with Gasteiger partial charge in [0.25, 0.3) is 0 Å². The van der Waals surface area contributed by atoms with Gasteiger partial charge in [0.05, 0.1) is 11.8 Å². The molecule has 0 radical (unpaired) electrons. The molecular weight excluding hydrogens is 258 g/mol. The van der Waals surface area contributed by atoms with Crippen LogP contribution in [0.5, 0.6) is 0 Å². The number of hydrogen-bond donors (Lipinski definition) is 1. The summed E-state index contributed by atoms with van der Waals surface area (Å²) in [7, 11) is 4.33. The average molecular weight is 281 g/mol. The molecule has 3 rings (SSSR count). The fourth-order valence-corrected chi connectivity index (χ4v) is 4.31. The molecule has 5 heteroatoms. The number of aromatic nitrogens is 1.